The minimum absolute atomic E-state index is 0.223. The van der Waals surface area contributed by atoms with Crippen molar-refractivity contribution in [2.24, 2.45) is 0 Å². The van der Waals surface area contributed by atoms with Gasteiger partial charge in [-0.1, -0.05) is 29.4 Å². The summed E-state index contributed by atoms with van der Waals surface area (Å²) < 4.78 is 24.6. The van der Waals surface area contributed by atoms with Crippen LogP contribution in [0.2, 0.25) is 0 Å². The zero-order chi connectivity index (χ0) is 20.1. The molecule has 0 bridgehead atoms. The highest BCUT2D eigenvalue weighted by Gasteiger charge is 2.11. The molecular formula is C22H19FN4O2. The Balaban J connectivity index is 1.34. The van der Waals surface area contributed by atoms with Crippen molar-refractivity contribution in [1.82, 2.24) is 15.1 Å². The molecule has 0 unspecified atom stereocenters. The topological polar surface area (TPSA) is 87.1 Å². The molecule has 0 amide bonds. The van der Waals surface area contributed by atoms with E-state index in [0.717, 1.165) is 11.3 Å². The van der Waals surface area contributed by atoms with E-state index in [1.807, 2.05) is 24.3 Å². The number of ether oxygens (including phenoxy) is 1. The Bertz CT molecular complexity index is 1100. The Labute approximate surface area is 167 Å². The predicted molar refractivity (Wildman–Crippen MR) is 107 cm³/mol. The zero-order valence-corrected chi connectivity index (χ0v) is 15.6. The average molecular weight is 390 g/mol. The van der Waals surface area contributed by atoms with E-state index >= 15 is 0 Å². The van der Waals surface area contributed by atoms with E-state index in [1.165, 1.54) is 6.07 Å². The Morgan fingerprint density at radius 2 is 1.93 bits per heavy atom. The lowest BCUT2D eigenvalue weighted by atomic mass is 10.1. The van der Waals surface area contributed by atoms with Gasteiger partial charge in [0.25, 0.3) is 0 Å². The lowest BCUT2D eigenvalue weighted by molar-refractivity contribution is 0.307. The minimum atomic E-state index is -0.223. The van der Waals surface area contributed by atoms with Crippen LogP contribution in [-0.2, 0) is 12.8 Å². The first-order chi connectivity index (χ1) is 14.2. The summed E-state index contributed by atoms with van der Waals surface area (Å²) in [7, 11) is 0. The normalized spacial score (nSPS) is 10.8. The fourth-order valence-corrected chi connectivity index (χ4v) is 2.92. The van der Waals surface area contributed by atoms with Gasteiger partial charge in [0.05, 0.1) is 17.9 Å². The molecule has 0 aliphatic heterocycles. The van der Waals surface area contributed by atoms with Gasteiger partial charge in [-0.15, -0.1) is 0 Å². The highest BCUT2D eigenvalue weighted by Crippen LogP contribution is 2.25. The molecule has 4 rings (SSSR count). The molecule has 3 aromatic heterocycles. The Kier molecular flexibility index (Phi) is 5.47. The smallest absolute Gasteiger partial charge is 0.213 e. The largest absolute Gasteiger partial charge is 0.477 e. The van der Waals surface area contributed by atoms with E-state index in [0.29, 0.717) is 48.0 Å². The van der Waals surface area contributed by atoms with E-state index in [4.69, 9.17) is 15.0 Å². The summed E-state index contributed by atoms with van der Waals surface area (Å²) in [6.07, 6.45) is 4.40. The first kappa shape index (κ1) is 18.6. The molecule has 1 aromatic carbocycles. The number of nitrogens with two attached hydrogens (primary N) is 1. The van der Waals surface area contributed by atoms with Crippen LogP contribution in [0.4, 0.5) is 10.2 Å². The highest BCUT2D eigenvalue weighted by atomic mass is 19.1. The first-order valence-electron chi connectivity index (χ1n) is 9.16. The third-order valence-electron chi connectivity index (χ3n) is 4.42. The van der Waals surface area contributed by atoms with Gasteiger partial charge in [0.1, 0.15) is 11.6 Å². The third-order valence-corrected chi connectivity index (χ3v) is 4.42. The summed E-state index contributed by atoms with van der Waals surface area (Å²) in [6.45, 7) is 0.354. The standard InChI is InChI=1S/C22H19FN4O2/c23-19-6-2-1-4-16(19)9-11-28-21-8-7-15(14-26-21)12-17-13-20(29-27-17)18-5-3-10-25-22(18)24/h1-8,10,13-14H,9,11-12H2,(H2,24,25). The van der Waals surface area contributed by atoms with Crippen LogP contribution in [-0.4, -0.2) is 21.7 Å². The van der Waals surface area contributed by atoms with Crippen LogP contribution in [0.1, 0.15) is 16.8 Å². The highest BCUT2D eigenvalue weighted by molar-refractivity contribution is 5.69. The molecule has 6 nitrogen and oxygen atoms in total. The fourth-order valence-electron chi connectivity index (χ4n) is 2.92. The summed E-state index contributed by atoms with van der Waals surface area (Å²) in [4.78, 5) is 8.36. The van der Waals surface area contributed by atoms with Gasteiger partial charge in [0.2, 0.25) is 5.88 Å². The number of rotatable bonds is 7. The van der Waals surface area contributed by atoms with Gasteiger partial charge in [0.15, 0.2) is 5.76 Å². The number of hydrogen-bond acceptors (Lipinski definition) is 6. The summed E-state index contributed by atoms with van der Waals surface area (Å²) >= 11 is 0. The number of aromatic nitrogens is 3. The van der Waals surface area contributed by atoms with Crippen LogP contribution in [0, 0.1) is 5.82 Å². The molecule has 4 aromatic rings. The predicted octanol–water partition coefficient (Wildman–Crippen LogP) is 4.07. The molecule has 2 N–H and O–H groups in total. The number of nitrogen functional groups attached to an aromatic ring is 1. The van der Waals surface area contributed by atoms with E-state index in [-0.39, 0.29) is 5.82 Å². The molecule has 0 saturated carbocycles. The summed E-state index contributed by atoms with van der Waals surface area (Å²) in [6, 6.07) is 15.8. The molecule has 3 heterocycles. The number of nitrogens with zero attached hydrogens (tertiary/aromatic N) is 3. The van der Waals surface area contributed by atoms with Crippen molar-refractivity contribution in [3.05, 3.63) is 89.6 Å². The average Bonchev–Trinajstić information content (AvgIpc) is 3.19. The monoisotopic (exact) mass is 390 g/mol. The second-order valence-electron chi connectivity index (χ2n) is 6.49. The van der Waals surface area contributed by atoms with Gasteiger partial charge in [-0.25, -0.2) is 14.4 Å². The summed E-state index contributed by atoms with van der Waals surface area (Å²) in [5, 5.41) is 4.09. The minimum Gasteiger partial charge on any atom is -0.477 e. The molecule has 0 atom stereocenters. The SMILES string of the molecule is Nc1ncccc1-c1cc(Cc2ccc(OCCc3ccccc3F)nc2)no1. The van der Waals surface area contributed by atoms with Crippen molar-refractivity contribution >= 4 is 5.82 Å². The van der Waals surface area contributed by atoms with Crippen LogP contribution in [0.3, 0.4) is 0 Å². The second kappa shape index (κ2) is 8.52. The number of halogens is 1. The van der Waals surface area contributed by atoms with E-state index in [9.17, 15) is 4.39 Å². The van der Waals surface area contributed by atoms with Crippen molar-refractivity contribution in [1.29, 1.82) is 0 Å². The zero-order valence-electron chi connectivity index (χ0n) is 15.6. The molecule has 0 fully saturated rings. The van der Waals surface area contributed by atoms with E-state index < -0.39 is 0 Å². The molecule has 146 valence electrons. The maximum absolute atomic E-state index is 13.6. The molecule has 0 spiro atoms. The van der Waals surface area contributed by atoms with Gasteiger partial charge in [-0.05, 0) is 29.3 Å². The lowest BCUT2D eigenvalue weighted by Gasteiger charge is -2.06. The van der Waals surface area contributed by atoms with Crippen molar-refractivity contribution in [2.45, 2.75) is 12.8 Å². The number of pyridine rings is 2. The van der Waals surface area contributed by atoms with Gasteiger partial charge in [-0.2, -0.15) is 0 Å². The number of benzene rings is 1. The molecule has 7 heteroatoms. The molecule has 0 radical (unpaired) electrons. The molecule has 0 aliphatic carbocycles. The Hall–Kier alpha value is -3.74. The molecule has 0 aliphatic rings. The Morgan fingerprint density at radius 3 is 2.72 bits per heavy atom. The van der Waals surface area contributed by atoms with Crippen molar-refractivity contribution in [3.8, 4) is 17.2 Å². The van der Waals surface area contributed by atoms with E-state index in [2.05, 4.69) is 15.1 Å². The van der Waals surface area contributed by atoms with Gasteiger partial charge < -0.3 is 15.0 Å². The van der Waals surface area contributed by atoms with Crippen molar-refractivity contribution in [3.63, 3.8) is 0 Å². The van der Waals surface area contributed by atoms with Crippen molar-refractivity contribution < 1.29 is 13.7 Å². The first-order valence-corrected chi connectivity index (χ1v) is 9.16. The van der Waals surface area contributed by atoms with Crippen LogP contribution in [0.15, 0.2) is 71.5 Å². The number of hydrogen-bond donors (Lipinski definition) is 1. The van der Waals surface area contributed by atoms with Crippen LogP contribution in [0.25, 0.3) is 11.3 Å². The van der Waals surface area contributed by atoms with Gasteiger partial charge >= 0.3 is 0 Å². The second-order valence-corrected chi connectivity index (χ2v) is 6.49. The summed E-state index contributed by atoms with van der Waals surface area (Å²) in [5.74, 6) is 1.24. The summed E-state index contributed by atoms with van der Waals surface area (Å²) in [5.41, 5.74) is 8.93. The fraction of sp³-hybridized carbons (Fsp3) is 0.136. The van der Waals surface area contributed by atoms with Crippen molar-refractivity contribution in [2.75, 3.05) is 12.3 Å². The molecular weight excluding hydrogens is 371 g/mol. The quantitative estimate of drug-likeness (QED) is 0.512. The number of anilines is 1. The van der Waals surface area contributed by atoms with Crippen LogP contribution >= 0.6 is 0 Å². The van der Waals surface area contributed by atoms with Crippen LogP contribution < -0.4 is 10.5 Å². The van der Waals surface area contributed by atoms with Crippen LogP contribution in [0.5, 0.6) is 5.88 Å². The maximum Gasteiger partial charge on any atom is 0.213 e. The Morgan fingerprint density at radius 1 is 1.03 bits per heavy atom. The van der Waals surface area contributed by atoms with Gasteiger partial charge in [-0.3, -0.25) is 0 Å². The molecule has 0 saturated heterocycles. The van der Waals surface area contributed by atoms with Gasteiger partial charge in [0, 0.05) is 37.4 Å². The maximum atomic E-state index is 13.6. The molecule has 29 heavy (non-hydrogen) atoms. The third kappa shape index (κ3) is 4.57. The lowest BCUT2D eigenvalue weighted by Crippen LogP contribution is -2.04. The van der Waals surface area contributed by atoms with E-state index in [1.54, 1.807) is 36.7 Å².